The first kappa shape index (κ1) is 11.6. The molecule has 0 aliphatic carbocycles. The zero-order valence-electron chi connectivity index (χ0n) is 9.57. The van der Waals surface area contributed by atoms with Crippen molar-refractivity contribution in [2.24, 2.45) is 0 Å². The number of hydrogen-bond donors (Lipinski definition) is 2. The van der Waals surface area contributed by atoms with Crippen LogP contribution in [0.25, 0.3) is 0 Å². The van der Waals surface area contributed by atoms with Crippen LogP contribution in [0.5, 0.6) is 0 Å². The van der Waals surface area contributed by atoms with Crippen molar-refractivity contribution in [3.63, 3.8) is 0 Å². The number of rotatable bonds is 2. The van der Waals surface area contributed by atoms with Crippen LogP contribution in [-0.4, -0.2) is 25.0 Å². The van der Waals surface area contributed by atoms with E-state index in [1.165, 1.54) is 0 Å². The lowest BCUT2D eigenvalue weighted by molar-refractivity contribution is 0.0930. The van der Waals surface area contributed by atoms with E-state index in [9.17, 15) is 4.79 Å². The molecule has 1 amide bonds. The van der Waals surface area contributed by atoms with Crippen LogP contribution in [-0.2, 0) is 0 Å². The van der Waals surface area contributed by atoms with Crippen LogP contribution < -0.4 is 10.6 Å². The quantitative estimate of drug-likeness (QED) is 0.796. The highest BCUT2D eigenvalue weighted by atomic mass is 16.1. The zero-order chi connectivity index (χ0) is 12.1. The van der Waals surface area contributed by atoms with E-state index in [-0.39, 0.29) is 11.9 Å². The predicted octanol–water partition coefficient (Wildman–Crippen LogP) is 1.04. The molecule has 0 radical (unpaired) electrons. The van der Waals surface area contributed by atoms with Gasteiger partial charge in [-0.1, -0.05) is 6.07 Å². The van der Waals surface area contributed by atoms with Crippen molar-refractivity contribution in [2.45, 2.75) is 18.9 Å². The first-order valence-electron chi connectivity index (χ1n) is 5.81. The Morgan fingerprint density at radius 2 is 2.41 bits per heavy atom. The number of amides is 1. The minimum atomic E-state index is -0.101. The van der Waals surface area contributed by atoms with Gasteiger partial charge in [-0.2, -0.15) is 5.26 Å². The van der Waals surface area contributed by atoms with Crippen LogP contribution in [0, 0.1) is 11.3 Å². The Labute approximate surface area is 101 Å². The van der Waals surface area contributed by atoms with E-state index in [0.29, 0.717) is 11.1 Å². The van der Waals surface area contributed by atoms with Crippen molar-refractivity contribution in [1.82, 2.24) is 10.6 Å². The lowest BCUT2D eigenvalue weighted by Crippen LogP contribution is -2.45. The second-order valence-electron chi connectivity index (χ2n) is 4.21. The monoisotopic (exact) mass is 229 g/mol. The van der Waals surface area contributed by atoms with E-state index in [2.05, 4.69) is 10.6 Å². The molecular formula is C13H15N3O. The Morgan fingerprint density at radius 3 is 3.12 bits per heavy atom. The molecule has 1 atom stereocenters. The van der Waals surface area contributed by atoms with Gasteiger partial charge in [0.2, 0.25) is 0 Å². The van der Waals surface area contributed by atoms with E-state index in [0.717, 1.165) is 25.9 Å². The van der Waals surface area contributed by atoms with Gasteiger partial charge >= 0.3 is 0 Å². The molecule has 0 saturated carbocycles. The third-order valence-corrected chi connectivity index (χ3v) is 2.89. The lowest BCUT2D eigenvalue weighted by Gasteiger charge is -2.23. The van der Waals surface area contributed by atoms with Crippen LogP contribution in [0.15, 0.2) is 24.3 Å². The van der Waals surface area contributed by atoms with Gasteiger partial charge in [0, 0.05) is 18.2 Å². The first-order chi connectivity index (χ1) is 8.29. The highest BCUT2D eigenvalue weighted by Crippen LogP contribution is 2.06. The summed E-state index contributed by atoms with van der Waals surface area (Å²) in [7, 11) is 0. The van der Waals surface area contributed by atoms with Gasteiger partial charge in [-0.05, 0) is 37.6 Å². The summed E-state index contributed by atoms with van der Waals surface area (Å²) >= 11 is 0. The van der Waals surface area contributed by atoms with Crippen LogP contribution in [0.4, 0.5) is 0 Å². The summed E-state index contributed by atoms with van der Waals surface area (Å²) in [6.07, 6.45) is 2.10. The van der Waals surface area contributed by atoms with Gasteiger partial charge < -0.3 is 10.6 Å². The van der Waals surface area contributed by atoms with Crippen molar-refractivity contribution in [1.29, 1.82) is 5.26 Å². The van der Waals surface area contributed by atoms with Crippen molar-refractivity contribution in [3.05, 3.63) is 35.4 Å². The Kier molecular flexibility index (Phi) is 3.73. The van der Waals surface area contributed by atoms with Gasteiger partial charge in [-0.15, -0.1) is 0 Å². The molecule has 1 aromatic carbocycles. The van der Waals surface area contributed by atoms with Crippen molar-refractivity contribution >= 4 is 5.91 Å². The second-order valence-corrected chi connectivity index (χ2v) is 4.21. The fourth-order valence-electron chi connectivity index (χ4n) is 1.97. The zero-order valence-corrected chi connectivity index (χ0v) is 9.57. The van der Waals surface area contributed by atoms with E-state index in [1.807, 2.05) is 6.07 Å². The molecule has 1 aliphatic rings. The Hall–Kier alpha value is -1.86. The molecule has 0 aromatic heterocycles. The van der Waals surface area contributed by atoms with Crippen LogP contribution in [0.3, 0.4) is 0 Å². The molecule has 1 aliphatic heterocycles. The average molecular weight is 229 g/mol. The largest absolute Gasteiger partial charge is 0.348 e. The molecule has 4 heteroatoms. The Bertz CT molecular complexity index is 444. The minimum absolute atomic E-state index is 0.101. The number of nitrogens with one attached hydrogen (secondary N) is 2. The van der Waals surface area contributed by atoms with Crippen LogP contribution in [0.1, 0.15) is 28.8 Å². The first-order valence-corrected chi connectivity index (χ1v) is 5.81. The number of piperidine rings is 1. The third-order valence-electron chi connectivity index (χ3n) is 2.89. The van der Waals surface area contributed by atoms with Gasteiger partial charge in [0.1, 0.15) is 0 Å². The smallest absolute Gasteiger partial charge is 0.251 e. The summed E-state index contributed by atoms with van der Waals surface area (Å²) in [5.74, 6) is -0.101. The van der Waals surface area contributed by atoms with Crippen molar-refractivity contribution < 1.29 is 4.79 Å². The summed E-state index contributed by atoms with van der Waals surface area (Å²) in [5, 5.41) is 15.0. The number of nitrogens with zero attached hydrogens (tertiary/aromatic N) is 1. The SMILES string of the molecule is N#Cc1cccc(C(=O)N[C@H]2CCCNC2)c1. The molecule has 88 valence electrons. The highest BCUT2D eigenvalue weighted by Gasteiger charge is 2.16. The van der Waals surface area contributed by atoms with Gasteiger partial charge in [0.15, 0.2) is 0 Å². The molecule has 0 spiro atoms. The molecule has 0 unspecified atom stereocenters. The van der Waals surface area contributed by atoms with Gasteiger partial charge in [0.05, 0.1) is 11.6 Å². The maximum Gasteiger partial charge on any atom is 0.251 e. The van der Waals surface area contributed by atoms with E-state index in [1.54, 1.807) is 24.3 Å². The molecule has 0 bridgehead atoms. The van der Waals surface area contributed by atoms with Gasteiger partial charge in [-0.25, -0.2) is 0 Å². The second kappa shape index (κ2) is 5.46. The van der Waals surface area contributed by atoms with Crippen molar-refractivity contribution in [3.8, 4) is 6.07 Å². The fourth-order valence-corrected chi connectivity index (χ4v) is 1.97. The standard InChI is InChI=1S/C13H15N3O/c14-8-10-3-1-4-11(7-10)13(17)16-12-5-2-6-15-9-12/h1,3-4,7,12,15H,2,5-6,9H2,(H,16,17)/t12-/m0/s1. The molecular weight excluding hydrogens is 214 g/mol. The lowest BCUT2D eigenvalue weighted by atomic mass is 10.1. The molecule has 1 fully saturated rings. The topological polar surface area (TPSA) is 64.9 Å². The number of benzene rings is 1. The summed E-state index contributed by atoms with van der Waals surface area (Å²) in [4.78, 5) is 11.9. The fraction of sp³-hybridized carbons (Fsp3) is 0.385. The normalized spacial score (nSPS) is 19.4. The minimum Gasteiger partial charge on any atom is -0.348 e. The number of carbonyl (C=O) groups excluding carboxylic acids is 1. The number of hydrogen-bond acceptors (Lipinski definition) is 3. The van der Waals surface area contributed by atoms with Crippen LogP contribution in [0.2, 0.25) is 0 Å². The Morgan fingerprint density at radius 1 is 1.53 bits per heavy atom. The van der Waals surface area contributed by atoms with E-state index in [4.69, 9.17) is 5.26 Å². The number of nitriles is 1. The molecule has 1 aromatic rings. The number of carbonyl (C=O) groups is 1. The average Bonchev–Trinajstić information content (AvgIpc) is 2.40. The predicted molar refractivity (Wildman–Crippen MR) is 64.5 cm³/mol. The molecule has 2 rings (SSSR count). The maximum atomic E-state index is 11.9. The van der Waals surface area contributed by atoms with Crippen LogP contribution >= 0.6 is 0 Å². The maximum absolute atomic E-state index is 11.9. The van der Waals surface area contributed by atoms with Gasteiger partial charge in [0.25, 0.3) is 5.91 Å². The van der Waals surface area contributed by atoms with E-state index < -0.39 is 0 Å². The highest BCUT2D eigenvalue weighted by molar-refractivity contribution is 5.94. The molecule has 4 nitrogen and oxygen atoms in total. The molecule has 2 N–H and O–H groups in total. The third kappa shape index (κ3) is 3.05. The summed E-state index contributed by atoms with van der Waals surface area (Å²) in [6.45, 7) is 1.85. The summed E-state index contributed by atoms with van der Waals surface area (Å²) in [5.41, 5.74) is 1.06. The van der Waals surface area contributed by atoms with Gasteiger partial charge in [-0.3, -0.25) is 4.79 Å². The molecule has 1 saturated heterocycles. The van der Waals surface area contributed by atoms with E-state index >= 15 is 0 Å². The summed E-state index contributed by atoms with van der Waals surface area (Å²) in [6, 6.07) is 9.00. The molecule has 1 heterocycles. The molecule has 17 heavy (non-hydrogen) atoms. The Balaban J connectivity index is 2.01. The van der Waals surface area contributed by atoms with Crippen molar-refractivity contribution in [2.75, 3.05) is 13.1 Å². The summed E-state index contributed by atoms with van der Waals surface area (Å²) < 4.78 is 0.